The topological polar surface area (TPSA) is 102 Å². The Labute approximate surface area is 184 Å². The average molecular weight is 459 g/mol. The van der Waals surface area contributed by atoms with Crippen LogP contribution in [-0.2, 0) is 27.7 Å². The van der Waals surface area contributed by atoms with Crippen molar-refractivity contribution in [2.75, 3.05) is 13.7 Å². The van der Waals surface area contributed by atoms with Gasteiger partial charge in [-0.1, -0.05) is 6.07 Å². The van der Waals surface area contributed by atoms with Gasteiger partial charge in [-0.3, -0.25) is 24.7 Å². The Bertz CT molecular complexity index is 1330. The summed E-state index contributed by atoms with van der Waals surface area (Å²) in [6, 6.07) is 7.33. The number of furan rings is 1. The van der Waals surface area contributed by atoms with Gasteiger partial charge in [-0.15, -0.1) is 0 Å². The fourth-order valence-electron chi connectivity index (χ4n) is 4.40. The number of amides is 3. The molecule has 1 fully saturated rings. The highest BCUT2D eigenvalue weighted by Crippen LogP contribution is 2.41. The van der Waals surface area contributed by atoms with Crippen molar-refractivity contribution in [3.63, 3.8) is 0 Å². The molecule has 0 radical (unpaired) electrons. The van der Waals surface area contributed by atoms with Crippen LogP contribution in [0.3, 0.4) is 0 Å². The molecule has 1 saturated heterocycles. The first-order valence-electron chi connectivity index (χ1n) is 9.89. The van der Waals surface area contributed by atoms with E-state index in [4.69, 9.17) is 9.15 Å². The van der Waals surface area contributed by atoms with Crippen LogP contribution in [0.4, 0.5) is 13.2 Å². The average Bonchev–Trinajstić information content (AvgIpc) is 3.41. The summed E-state index contributed by atoms with van der Waals surface area (Å²) in [5.41, 5.74) is -1.87. The molecule has 0 bridgehead atoms. The number of rotatable bonds is 4. The van der Waals surface area contributed by atoms with Crippen molar-refractivity contribution < 1.29 is 36.7 Å². The van der Waals surface area contributed by atoms with Crippen LogP contribution in [0.1, 0.15) is 33.8 Å². The van der Waals surface area contributed by atoms with Gasteiger partial charge in [-0.05, 0) is 29.8 Å². The van der Waals surface area contributed by atoms with Crippen LogP contribution in [0.2, 0.25) is 0 Å². The van der Waals surface area contributed by atoms with Crippen LogP contribution in [-0.4, -0.2) is 41.3 Å². The number of pyridine rings is 1. The quantitative estimate of drug-likeness (QED) is 0.602. The first kappa shape index (κ1) is 21.0. The zero-order valence-electron chi connectivity index (χ0n) is 17.2. The lowest BCUT2D eigenvalue weighted by atomic mass is 9.82. The number of carbonyl (C=O) groups is 3. The minimum absolute atomic E-state index is 0.125. The third kappa shape index (κ3) is 3.22. The maximum atomic E-state index is 13.4. The van der Waals surface area contributed by atoms with Crippen molar-refractivity contribution in [3.8, 4) is 5.75 Å². The number of ether oxygens (including phenoxy) is 1. The van der Waals surface area contributed by atoms with Crippen molar-refractivity contribution in [1.29, 1.82) is 0 Å². The smallest absolute Gasteiger partial charge is 0.434 e. The SMILES string of the molecule is COc1ccc2c(c1)C(=O)N(C[C@@]1(c3cc4c(C(F)(F)F)nccc4o3)CC(=O)NC1=O)C2. The molecule has 1 atom stereocenters. The number of aromatic nitrogens is 1. The van der Waals surface area contributed by atoms with Gasteiger partial charge in [0.2, 0.25) is 11.8 Å². The number of hydrogen-bond donors (Lipinski definition) is 1. The largest absolute Gasteiger partial charge is 0.497 e. The fraction of sp³-hybridized carbons (Fsp3) is 0.273. The van der Waals surface area contributed by atoms with E-state index >= 15 is 0 Å². The Balaban J connectivity index is 1.58. The maximum Gasteiger partial charge on any atom is 0.434 e. The predicted octanol–water partition coefficient (Wildman–Crippen LogP) is 2.80. The van der Waals surface area contributed by atoms with Crippen LogP contribution in [0.25, 0.3) is 11.0 Å². The molecule has 3 amide bonds. The van der Waals surface area contributed by atoms with Crippen LogP contribution >= 0.6 is 0 Å². The van der Waals surface area contributed by atoms with E-state index in [1.54, 1.807) is 18.2 Å². The molecular weight excluding hydrogens is 443 g/mol. The summed E-state index contributed by atoms with van der Waals surface area (Å²) in [5.74, 6) is -1.39. The molecule has 2 aliphatic rings. The minimum Gasteiger partial charge on any atom is -0.497 e. The minimum atomic E-state index is -4.74. The number of fused-ring (bicyclic) bond motifs is 2. The van der Waals surface area contributed by atoms with E-state index in [-0.39, 0.29) is 42.1 Å². The Morgan fingerprint density at radius 1 is 1.21 bits per heavy atom. The molecule has 2 aliphatic heterocycles. The Kier molecular flexibility index (Phi) is 4.49. The lowest BCUT2D eigenvalue weighted by Gasteiger charge is -2.28. The second-order valence-electron chi connectivity index (χ2n) is 8.00. The monoisotopic (exact) mass is 459 g/mol. The molecule has 2 aromatic heterocycles. The number of carbonyl (C=O) groups excluding carboxylic acids is 3. The van der Waals surface area contributed by atoms with Gasteiger partial charge < -0.3 is 14.1 Å². The highest BCUT2D eigenvalue weighted by Gasteiger charge is 2.53. The summed E-state index contributed by atoms with van der Waals surface area (Å²) >= 11 is 0. The summed E-state index contributed by atoms with van der Waals surface area (Å²) < 4.78 is 51.1. The Hall–Kier alpha value is -3.89. The molecule has 0 spiro atoms. The summed E-state index contributed by atoms with van der Waals surface area (Å²) in [7, 11) is 1.47. The lowest BCUT2D eigenvalue weighted by molar-refractivity contribution is -0.139. The molecule has 1 aromatic carbocycles. The van der Waals surface area contributed by atoms with Crippen LogP contribution < -0.4 is 10.1 Å². The molecule has 0 aliphatic carbocycles. The fourth-order valence-corrected chi connectivity index (χ4v) is 4.40. The summed E-state index contributed by atoms with van der Waals surface area (Å²) in [5, 5.41) is 1.86. The van der Waals surface area contributed by atoms with Crippen molar-refractivity contribution in [3.05, 3.63) is 59.1 Å². The molecule has 0 unspecified atom stereocenters. The van der Waals surface area contributed by atoms with Crippen LogP contribution in [0, 0.1) is 0 Å². The predicted molar refractivity (Wildman–Crippen MR) is 106 cm³/mol. The van der Waals surface area contributed by atoms with Gasteiger partial charge in [0.05, 0.1) is 18.9 Å². The van der Waals surface area contributed by atoms with E-state index in [1.165, 1.54) is 18.1 Å². The molecule has 11 heteroatoms. The third-order valence-electron chi connectivity index (χ3n) is 5.99. The van der Waals surface area contributed by atoms with Gasteiger partial charge in [0.1, 0.15) is 22.5 Å². The molecule has 1 N–H and O–H groups in total. The summed E-state index contributed by atoms with van der Waals surface area (Å²) in [6.07, 6.45) is -4.16. The molecular formula is C22H16F3N3O5. The number of methoxy groups -OCH3 is 1. The number of nitrogens with one attached hydrogen (secondary N) is 1. The number of hydrogen-bond acceptors (Lipinski definition) is 6. The van der Waals surface area contributed by atoms with E-state index < -0.39 is 29.1 Å². The Morgan fingerprint density at radius 2 is 2.00 bits per heavy atom. The van der Waals surface area contributed by atoms with Gasteiger partial charge in [0.15, 0.2) is 5.69 Å². The van der Waals surface area contributed by atoms with Gasteiger partial charge in [-0.25, -0.2) is 0 Å². The number of benzene rings is 1. The van der Waals surface area contributed by atoms with E-state index in [0.29, 0.717) is 16.9 Å². The van der Waals surface area contributed by atoms with E-state index in [0.717, 1.165) is 12.3 Å². The number of imide groups is 1. The van der Waals surface area contributed by atoms with Crippen molar-refractivity contribution >= 4 is 28.7 Å². The van der Waals surface area contributed by atoms with Gasteiger partial charge in [0.25, 0.3) is 5.91 Å². The molecule has 5 rings (SSSR count). The molecule has 33 heavy (non-hydrogen) atoms. The first-order chi connectivity index (χ1) is 15.6. The summed E-state index contributed by atoms with van der Waals surface area (Å²) in [4.78, 5) is 42.9. The van der Waals surface area contributed by atoms with Crippen molar-refractivity contribution in [2.24, 2.45) is 0 Å². The van der Waals surface area contributed by atoms with E-state index in [2.05, 4.69) is 10.3 Å². The molecule has 4 heterocycles. The van der Waals surface area contributed by atoms with Gasteiger partial charge >= 0.3 is 6.18 Å². The second kappa shape index (κ2) is 7.06. The van der Waals surface area contributed by atoms with Gasteiger partial charge in [0, 0.05) is 24.8 Å². The second-order valence-corrected chi connectivity index (χ2v) is 8.00. The normalized spacial score (nSPS) is 20.5. The number of halogens is 3. The standard InChI is InChI=1S/C22H16F3N3O5/c1-32-12-3-2-11-9-28(19(30)13(11)6-12)10-21(8-17(29)27-20(21)31)16-7-14-15(33-16)4-5-26-18(14)22(23,24)25/h2-7H,8-10H2,1H3,(H,27,29,31)/t21-/m1/s1. The first-order valence-corrected chi connectivity index (χ1v) is 9.89. The zero-order chi connectivity index (χ0) is 23.5. The lowest BCUT2D eigenvalue weighted by Crippen LogP contribution is -2.46. The molecule has 0 saturated carbocycles. The molecule has 8 nitrogen and oxygen atoms in total. The molecule has 170 valence electrons. The highest BCUT2D eigenvalue weighted by atomic mass is 19.4. The zero-order valence-corrected chi connectivity index (χ0v) is 17.2. The van der Waals surface area contributed by atoms with E-state index in [9.17, 15) is 27.6 Å². The Morgan fingerprint density at radius 3 is 2.67 bits per heavy atom. The number of alkyl halides is 3. The van der Waals surface area contributed by atoms with Crippen LogP contribution in [0.5, 0.6) is 5.75 Å². The molecule has 3 aromatic rings. The highest BCUT2D eigenvalue weighted by molar-refractivity contribution is 6.10. The van der Waals surface area contributed by atoms with Crippen molar-refractivity contribution in [2.45, 2.75) is 24.6 Å². The maximum absolute atomic E-state index is 13.4. The summed E-state index contributed by atoms with van der Waals surface area (Å²) in [6.45, 7) is -0.0913. The number of nitrogens with zero attached hydrogens (tertiary/aromatic N) is 2. The van der Waals surface area contributed by atoms with Gasteiger partial charge in [-0.2, -0.15) is 13.2 Å². The van der Waals surface area contributed by atoms with E-state index in [1.807, 2.05) is 0 Å². The third-order valence-corrected chi connectivity index (χ3v) is 5.99. The van der Waals surface area contributed by atoms with Crippen molar-refractivity contribution in [1.82, 2.24) is 15.2 Å². The van der Waals surface area contributed by atoms with Crippen LogP contribution in [0.15, 0.2) is 40.9 Å².